The molecule has 1 aromatic rings. The molecule has 0 saturated heterocycles. The van der Waals surface area contributed by atoms with Gasteiger partial charge in [0.15, 0.2) is 0 Å². The van der Waals surface area contributed by atoms with Gasteiger partial charge in [-0.15, -0.1) is 11.3 Å². The predicted molar refractivity (Wildman–Crippen MR) is 97.0 cm³/mol. The molecule has 0 aromatic carbocycles. The van der Waals surface area contributed by atoms with Gasteiger partial charge in [-0.1, -0.05) is 19.8 Å². The highest BCUT2D eigenvalue weighted by atomic mass is 32.1. The lowest BCUT2D eigenvalue weighted by atomic mass is 9.68. The zero-order chi connectivity index (χ0) is 17.8. The van der Waals surface area contributed by atoms with E-state index in [9.17, 15) is 9.90 Å². The number of nitrogens with zero attached hydrogens (tertiary/aromatic N) is 1. The van der Waals surface area contributed by atoms with Crippen molar-refractivity contribution in [2.24, 2.45) is 5.92 Å². The third-order valence-corrected chi connectivity index (χ3v) is 6.00. The smallest absolute Gasteiger partial charge is 0.309 e. The molecule has 5 heteroatoms. The minimum atomic E-state index is -0.417. The Bertz CT molecular complexity index is 539. The fourth-order valence-corrected chi connectivity index (χ4v) is 4.60. The highest BCUT2D eigenvalue weighted by Gasteiger charge is 2.41. The lowest BCUT2D eigenvalue weighted by Gasteiger charge is -2.39. The number of ether oxygens (including phenoxy) is 1. The number of rotatable bonds is 6. The molecule has 1 saturated carbocycles. The molecule has 4 nitrogen and oxygen atoms in total. The van der Waals surface area contributed by atoms with Gasteiger partial charge in [0.25, 0.3) is 0 Å². The Kier molecular flexibility index (Phi) is 6.43. The summed E-state index contributed by atoms with van der Waals surface area (Å²) in [5.74, 6) is -0.0435. The van der Waals surface area contributed by atoms with Gasteiger partial charge in [0.1, 0.15) is 5.60 Å². The second-order valence-corrected chi connectivity index (χ2v) is 8.85. The molecular formula is C19H31NO3S. The van der Waals surface area contributed by atoms with E-state index < -0.39 is 5.60 Å². The summed E-state index contributed by atoms with van der Waals surface area (Å²) in [6.07, 6.45) is 7.15. The number of aliphatic hydroxyl groups excluding tert-OH is 1. The highest BCUT2D eigenvalue weighted by molar-refractivity contribution is 7.09. The summed E-state index contributed by atoms with van der Waals surface area (Å²) in [6.45, 7) is 7.98. The van der Waals surface area contributed by atoms with Crippen LogP contribution in [0.3, 0.4) is 0 Å². The summed E-state index contributed by atoms with van der Waals surface area (Å²) < 4.78 is 5.57. The van der Waals surface area contributed by atoms with Crippen LogP contribution in [0, 0.1) is 5.92 Å². The van der Waals surface area contributed by atoms with E-state index in [1.807, 2.05) is 26.2 Å². The van der Waals surface area contributed by atoms with Gasteiger partial charge in [-0.3, -0.25) is 4.79 Å². The van der Waals surface area contributed by atoms with Crippen LogP contribution in [-0.2, 0) is 21.6 Å². The van der Waals surface area contributed by atoms with Crippen molar-refractivity contribution in [2.45, 2.75) is 90.3 Å². The Labute approximate surface area is 149 Å². The van der Waals surface area contributed by atoms with E-state index in [0.717, 1.165) is 49.2 Å². The van der Waals surface area contributed by atoms with Crippen LogP contribution in [0.5, 0.6) is 0 Å². The summed E-state index contributed by atoms with van der Waals surface area (Å²) >= 11 is 1.66. The first-order valence-corrected chi connectivity index (χ1v) is 9.96. The van der Waals surface area contributed by atoms with Crippen LogP contribution in [0.15, 0.2) is 5.38 Å². The van der Waals surface area contributed by atoms with Crippen LogP contribution in [0.2, 0.25) is 0 Å². The van der Waals surface area contributed by atoms with Crippen LogP contribution >= 0.6 is 11.3 Å². The van der Waals surface area contributed by atoms with E-state index >= 15 is 0 Å². The topological polar surface area (TPSA) is 59.4 Å². The Hall–Kier alpha value is -0.940. The maximum Gasteiger partial charge on any atom is 0.309 e. The van der Waals surface area contributed by atoms with Crippen molar-refractivity contribution in [3.05, 3.63) is 16.1 Å². The first-order valence-electron chi connectivity index (χ1n) is 9.08. The van der Waals surface area contributed by atoms with E-state index in [1.54, 1.807) is 11.3 Å². The Morgan fingerprint density at radius 1 is 1.42 bits per heavy atom. The first-order chi connectivity index (χ1) is 11.3. The fraction of sp³-hybridized carbons (Fsp3) is 0.789. The summed E-state index contributed by atoms with van der Waals surface area (Å²) in [5.41, 5.74) is 0.423. The van der Waals surface area contributed by atoms with E-state index in [0.29, 0.717) is 0 Å². The molecular weight excluding hydrogens is 322 g/mol. The minimum absolute atomic E-state index is 0.000884. The Balaban J connectivity index is 2.08. The molecule has 1 fully saturated rings. The number of thiazole rings is 1. The number of aromatic nitrogens is 1. The second kappa shape index (κ2) is 7.96. The number of carbonyl (C=O) groups is 1. The van der Waals surface area contributed by atoms with Crippen molar-refractivity contribution < 1.29 is 14.6 Å². The van der Waals surface area contributed by atoms with E-state index in [1.165, 1.54) is 6.42 Å². The van der Waals surface area contributed by atoms with Crippen molar-refractivity contribution in [1.29, 1.82) is 0 Å². The van der Waals surface area contributed by atoms with E-state index in [2.05, 4.69) is 11.9 Å². The Morgan fingerprint density at radius 3 is 2.58 bits per heavy atom. The number of aliphatic hydroxyl groups is 1. The maximum absolute atomic E-state index is 12.4. The van der Waals surface area contributed by atoms with E-state index in [4.69, 9.17) is 4.74 Å². The van der Waals surface area contributed by atoms with Gasteiger partial charge >= 0.3 is 5.97 Å². The fourth-order valence-electron chi connectivity index (χ4n) is 3.50. The number of esters is 1. The number of carbonyl (C=O) groups excluding carboxylic acids is 1. The number of hydrogen-bond donors (Lipinski definition) is 1. The zero-order valence-corrected chi connectivity index (χ0v) is 16.2. The van der Waals surface area contributed by atoms with Gasteiger partial charge in [0.05, 0.1) is 23.2 Å². The molecule has 1 aliphatic rings. The summed E-state index contributed by atoms with van der Waals surface area (Å²) in [5, 5.41) is 12.4. The van der Waals surface area contributed by atoms with Gasteiger partial charge < -0.3 is 9.84 Å². The molecule has 0 bridgehead atoms. The van der Waals surface area contributed by atoms with Crippen LogP contribution in [-0.4, -0.2) is 21.7 Å². The first kappa shape index (κ1) is 19.4. The van der Waals surface area contributed by atoms with Crippen LogP contribution in [0.1, 0.15) is 83.3 Å². The van der Waals surface area contributed by atoms with Crippen LogP contribution < -0.4 is 0 Å². The molecule has 1 N–H and O–H groups in total. The molecule has 0 unspecified atom stereocenters. The lowest BCUT2D eigenvalue weighted by Crippen LogP contribution is -2.36. The molecule has 1 aromatic heterocycles. The van der Waals surface area contributed by atoms with E-state index in [-0.39, 0.29) is 23.9 Å². The van der Waals surface area contributed by atoms with Crippen LogP contribution in [0.25, 0.3) is 0 Å². The molecule has 0 radical (unpaired) electrons. The average Bonchev–Trinajstić information content (AvgIpc) is 3.01. The maximum atomic E-state index is 12.4. The number of hydrogen-bond acceptors (Lipinski definition) is 5. The Morgan fingerprint density at radius 2 is 2.08 bits per heavy atom. The van der Waals surface area contributed by atoms with Gasteiger partial charge in [-0.2, -0.15) is 0 Å². The molecule has 24 heavy (non-hydrogen) atoms. The molecule has 1 aliphatic carbocycles. The van der Waals surface area contributed by atoms with Crippen LogP contribution in [0.4, 0.5) is 0 Å². The van der Waals surface area contributed by atoms with Gasteiger partial charge in [0, 0.05) is 10.8 Å². The molecule has 2 rings (SSSR count). The minimum Gasteiger partial charge on any atom is -0.460 e. The van der Waals surface area contributed by atoms with Crippen molar-refractivity contribution in [1.82, 2.24) is 4.98 Å². The standard InChI is InChI=1S/C19H31NO3S/c1-5-6-9-19(17-20-15(12-21)13-24-17)10-7-14(8-11-19)16(22)23-18(2,3)4/h13-14,21H,5-12H2,1-4H3. The molecule has 0 aliphatic heterocycles. The largest absolute Gasteiger partial charge is 0.460 e. The predicted octanol–water partition coefficient (Wildman–Crippen LogP) is 4.60. The monoisotopic (exact) mass is 353 g/mol. The lowest BCUT2D eigenvalue weighted by molar-refractivity contribution is -0.161. The third-order valence-electron chi connectivity index (χ3n) is 4.86. The van der Waals surface area contributed by atoms with Gasteiger partial charge in [0.2, 0.25) is 0 Å². The SMILES string of the molecule is CCCCC1(c2nc(CO)cs2)CCC(C(=O)OC(C)(C)C)CC1. The van der Waals surface area contributed by atoms with Crippen molar-refractivity contribution in [2.75, 3.05) is 0 Å². The van der Waals surface area contributed by atoms with Gasteiger partial charge in [-0.25, -0.2) is 4.98 Å². The average molecular weight is 354 g/mol. The quantitative estimate of drug-likeness (QED) is 0.760. The van der Waals surface area contributed by atoms with Crippen molar-refractivity contribution in [3.8, 4) is 0 Å². The zero-order valence-electron chi connectivity index (χ0n) is 15.4. The number of unbranched alkanes of at least 4 members (excludes halogenated alkanes) is 1. The second-order valence-electron chi connectivity index (χ2n) is 7.99. The van der Waals surface area contributed by atoms with Crippen molar-refractivity contribution in [3.63, 3.8) is 0 Å². The third kappa shape index (κ3) is 4.79. The molecule has 0 atom stereocenters. The molecule has 0 spiro atoms. The normalized spacial score (nSPS) is 24.8. The summed E-state index contributed by atoms with van der Waals surface area (Å²) in [7, 11) is 0. The van der Waals surface area contributed by atoms with Gasteiger partial charge in [-0.05, 0) is 52.9 Å². The summed E-state index contributed by atoms with van der Waals surface area (Å²) in [4.78, 5) is 17.0. The van der Waals surface area contributed by atoms with Crippen molar-refractivity contribution >= 4 is 17.3 Å². The molecule has 0 amide bonds. The molecule has 136 valence electrons. The highest BCUT2D eigenvalue weighted by Crippen LogP contribution is 2.46. The summed E-state index contributed by atoms with van der Waals surface area (Å²) in [6, 6.07) is 0. The molecule has 1 heterocycles.